The summed E-state index contributed by atoms with van der Waals surface area (Å²) in [6, 6.07) is 10.8. The fourth-order valence-corrected chi connectivity index (χ4v) is 2.51. The second-order valence-electron chi connectivity index (χ2n) is 4.42. The summed E-state index contributed by atoms with van der Waals surface area (Å²) < 4.78 is 5.44. The Balaban J connectivity index is 2.34. The maximum atomic E-state index is 6.18. The summed E-state index contributed by atoms with van der Waals surface area (Å²) in [7, 11) is 0. The van der Waals surface area contributed by atoms with Crippen LogP contribution >= 0.6 is 0 Å². The van der Waals surface area contributed by atoms with E-state index in [-0.39, 0.29) is 11.5 Å². The molecular weight excluding hydrogens is 186 g/mol. The Morgan fingerprint density at radius 1 is 1.20 bits per heavy atom. The van der Waals surface area contributed by atoms with Gasteiger partial charge in [-0.05, 0) is 25.3 Å². The topological polar surface area (TPSA) is 35.2 Å². The van der Waals surface area contributed by atoms with Crippen LogP contribution in [-0.4, -0.2) is 19.3 Å². The molecule has 0 bridgehead atoms. The minimum atomic E-state index is 0.125. The van der Waals surface area contributed by atoms with E-state index in [1.165, 1.54) is 5.56 Å². The van der Waals surface area contributed by atoms with Crippen LogP contribution in [0.3, 0.4) is 0 Å². The number of benzene rings is 1. The number of hydrogen-bond donors (Lipinski definition) is 1. The van der Waals surface area contributed by atoms with Crippen LogP contribution in [0.1, 0.15) is 25.3 Å². The van der Waals surface area contributed by atoms with Crippen molar-refractivity contribution in [2.24, 2.45) is 5.73 Å². The molecule has 82 valence electrons. The normalized spacial score (nSPS) is 22.3. The molecule has 1 aliphatic heterocycles. The monoisotopic (exact) mass is 205 g/mol. The van der Waals surface area contributed by atoms with Crippen LogP contribution in [0.2, 0.25) is 0 Å². The quantitative estimate of drug-likeness (QED) is 0.802. The van der Waals surface area contributed by atoms with Crippen LogP contribution in [0.15, 0.2) is 30.3 Å². The van der Waals surface area contributed by atoms with E-state index in [0.29, 0.717) is 0 Å². The largest absolute Gasteiger partial charge is 0.381 e. The van der Waals surface area contributed by atoms with E-state index in [0.717, 1.165) is 26.1 Å². The molecular formula is C13H19NO. The van der Waals surface area contributed by atoms with Crippen molar-refractivity contribution >= 4 is 0 Å². The second kappa shape index (κ2) is 4.33. The predicted molar refractivity (Wildman–Crippen MR) is 61.8 cm³/mol. The smallest absolute Gasteiger partial charge is 0.0475 e. The Labute approximate surface area is 91.4 Å². The second-order valence-corrected chi connectivity index (χ2v) is 4.42. The zero-order chi connectivity index (χ0) is 10.7. The molecule has 1 aliphatic rings. The highest BCUT2D eigenvalue weighted by atomic mass is 16.5. The Bertz CT molecular complexity index is 302. The summed E-state index contributed by atoms with van der Waals surface area (Å²) in [5, 5.41) is 0. The van der Waals surface area contributed by atoms with Gasteiger partial charge in [0, 0.05) is 24.7 Å². The lowest BCUT2D eigenvalue weighted by molar-refractivity contribution is 0.0422. The third-order valence-electron chi connectivity index (χ3n) is 3.61. The van der Waals surface area contributed by atoms with Crippen molar-refractivity contribution in [1.29, 1.82) is 0 Å². The molecule has 0 spiro atoms. The van der Waals surface area contributed by atoms with Gasteiger partial charge in [0.05, 0.1) is 0 Å². The molecule has 2 nitrogen and oxygen atoms in total. The number of hydrogen-bond acceptors (Lipinski definition) is 2. The standard InChI is InChI=1S/C13H19NO/c1-11(14)13(7-9-15-10-8-13)12-5-3-2-4-6-12/h2-6,11H,7-10,14H2,1H3/t11-/m1/s1. The fraction of sp³-hybridized carbons (Fsp3) is 0.538. The molecule has 2 N–H and O–H groups in total. The van der Waals surface area contributed by atoms with Gasteiger partial charge in [-0.25, -0.2) is 0 Å². The first-order chi connectivity index (χ1) is 7.26. The molecule has 1 heterocycles. The predicted octanol–water partition coefficient (Wildman–Crippen LogP) is 2.08. The van der Waals surface area contributed by atoms with Crippen LogP contribution in [0, 0.1) is 0 Å². The molecule has 0 saturated carbocycles. The molecule has 0 amide bonds. The number of nitrogens with two attached hydrogens (primary N) is 1. The maximum Gasteiger partial charge on any atom is 0.0475 e. The third-order valence-corrected chi connectivity index (χ3v) is 3.61. The molecule has 15 heavy (non-hydrogen) atoms. The fourth-order valence-electron chi connectivity index (χ4n) is 2.51. The van der Waals surface area contributed by atoms with Crippen molar-refractivity contribution in [3.8, 4) is 0 Å². The molecule has 1 fully saturated rings. The Morgan fingerprint density at radius 2 is 1.80 bits per heavy atom. The van der Waals surface area contributed by atoms with Gasteiger partial charge in [-0.3, -0.25) is 0 Å². The van der Waals surface area contributed by atoms with Crippen molar-refractivity contribution in [2.45, 2.75) is 31.2 Å². The van der Waals surface area contributed by atoms with Crippen LogP contribution < -0.4 is 5.73 Å². The first-order valence-corrected chi connectivity index (χ1v) is 5.64. The van der Waals surface area contributed by atoms with E-state index >= 15 is 0 Å². The van der Waals surface area contributed by atoms with E-state index < -0.39 is 0 Å². The maximum absolute atomic E-state index is 6.18. The van der Waals surface area contributed by atoms with Crippen molar-refractivity contribution in [3.63, 3.8) is 0 Å². The van der Waals surface area contributed by atoms with Crippen molar-refractivity contribution in [3.05, 3.63) is 35.9 Å². The van der Waals surface area contributed by atoms with Gasteiger partial charge in [0.15, 0.2) is 0 Å². The lowest BCUT2D eigenvalue weighted by atomic mass is 9.69. The molecule has 2 rings (SSSR count). The number of ether oxygens (including phenoxy) is 1. The van der Waals surface area contributed by atoms with E-state index in [2.05, 4.69) is 37.3 Å². The van der Waals surface area contributed by atoms with Crippen molar-refractivity contribution < 1.29 is 4.74 Å². The minimum absolute atomic E-state index is 0.125. The van der Waals surface area contributed by atoms with Crippen LogP contribution in [-0.2, 0) is 10.2 Å². The van der Waals surface area contributed by atoms with Gasteiger partial charge in [-0.1, -0.05) is 30.3 Å². The molecule has 1 aromatic rings. The molecule has 1 atom stereocenters. The first kappa shape index (κ1) is 10.7. The van der Waals surface area contributed by atoms with Crippen LogP contribution in [0.4, 0.5) is 0 Å². The SMILES string of the molecule is C[C@@H](N)C1(c2ccccc2)CCOCC1. The molecule has 1 aromatic carbocycles. The molecule has 0 radical (unpaired) electrons. The average molecular weight is 205 g/mol. The van der Waals surface area contributed by atoms with E-state index in [1.54, 1.807) is 0 Å². The highest BCUT2D eigenvalue weighted by Crippen LogP contribution is 2.36. The van der Waals surface area contributed by atoms with Gasteiger partial charge in [-0.15, -0.1) is 0 Å². The summed E-state index contributed by atoms with van der Waals surface area (Å²) in [4.78, 5) is 0. The molecule has 0 unspecified atom stereocenters. The lowest BCUT2D eigenvalue weighted by Crippen LogP contribution is -2.47. The average Bonchev–Trinajstić information content (AvgIpc) is 2.31. The summed E-state index contributed by atoms with van der Waals surface area (Å²) in [5.74, 6) is 0. The van der Waals surface area contributed by atoms with Gasteiger partial charge >= 0.3 is 0 Å². The Kier molecular flexibility index (Phi) is 3.08. The Hall–Kier alpha value is -0.860. The molecule has 1 saturated heterocycles. The minimum Gasteiger partial charge on any atom is -0.381 e. The highest BCUT2D eigenvalue weighted by molar-refractivity contribution is 5.28. The van der Waals surface area contributed by atoms with Gasteiger partial charge in [0.2, 0.25) is 0 Å². The van der Waals surface area contributed by atoms with E-state index in [9.17, 15) is 0 Å². The number of rotatable bonds is 2. The zero-order valence-corrected chi connectivity index (χ0v) is 9.28. The van der Waals surface area contributed by atoms with Crippen molar-refractivity contribution in [2.75, 3.05) is 13.2 Å². The van der Waals surface area contributed by atoms with Gasteiger partial charge in [-0.2, -0.15) is 0 Å². The highest BCUT2D eigenvalue weighted by Gasteiger charge is 2.37. The van der Waals surface area contributed by atoms with Crippen LogP contribution in [0.25, 0.3) is 0 Å². The lowest BCUT2D eigenvalue weighted by Gasteiger charge is -2.41. The molecule has 0 aliphatic carbocycles. The summed E-state index contributed by atoms with van der Waals surface area (Å²) in [6.45, 7) is 3.77. The first-order valence-electron chi connectivity index (χ1n) is 5.64. The zero-order valence-electron chi connectivity index (χ0n) is 9.28. The third kappa shape index (κ3) is 1.92. The summed E-state index contributed by atoms with van der Waals surface area (Å²) >= 11 is 0. The van der Waals surface area contributed by atoms with E-state index in [4.69, 9.17) is 10.5 Å². The van der Waals surface area contributed by atoms with Gasteiger partial charge in [0.25, 0.3) is 0 Å². The van der Waals surface area contributed by atoms with Crippen LogP contribution in [0.5, 0.6) is 0 Å². The van der Waals surface area contributed by atoms with Crippen molar-refractivity contribution in [1.82, 2.24) is 0 Å². The summed E-state index contributed by atoms with van der Waals surface area (Å²) in [5.41, 5.74) is 7.67. The molecule has 2 heteroatoms. The van der Waals surface area contributed by atoms with Gasteiger partial charge < -0.3 is 10.5 Å². The van der Waals surface area contributed by atoms with E-state index in [1.807, 2.05) is 0 Å². The molecule has 0 aromatic heterocycles. The van der Waals surface area contributed by atoms with Gasteiger partial charge in [0.1, 0.15) is 0 Å². The Morgan fingerprint density at radius 3 is 2.33 bits per heavy atom. The summed E-state index contributed by atoms with van der Waals surface area (Å²) in [6.07, 6.45) is 2.07.